The van der Waals surface area contributed by atoms with E-state index >= 15 is 0 Å². The molecule has 0 aliphatic heterocycles. The zero-order valence-electron chi connectivity index (χ0n) is 7.70. The van der Waals surface area contributed by atoms with Crippen LogP contribution in [0.2, 0.25) is 0 Å². The number of nitrogens with two attached hydrogens (primary N) is 1. The van der Waals surface area contributed by atoms with E-state index in [4.69, 9.17) is 14.6 Å². The van der Waals surface area contributed by atoms with Crippen LogP contribution < -0.4 is 5.73 Å². The second-order valence-corrected chi connectivity index (χ2v) is 3.43. The van der Waals surface area contributed by atoms with Crippen LogP contribution in [0.25, 0.3) is 21.9 Å². The molecule has 0 saturated heterocycles. The number of anilines is 1. The highest BCUT2D eigenvalue weighted by Gasteiger charge is 2.06. The van der Waals surface area contributed by atoms with Crippen LogP contribution >= 0.6 is 0 Å². The lowest BCUT2D eigenvalue weighted by Crippen LogP contribution is -1.75. The SMILES string of the molecule is Cc1cc2cc3oc(N)cc3cc2o1. The highest BCUT2D eigenvalue weighted by Crippen LogP contribution is 2.28. The van der Waals surface area contributed by atoms with Gasteiger partial charge in [0.2, 0.25) is 0 Å². The maximum atomic E-state index is 5.55. The Kier molecular flexibility index (Phi) is 1.24. The van der Waals surface area contributed by atoms with Crippen molar-refractivity contribution >= 4 is 27.8 Å². The van der Waals surface area contributed by atoms with Crippen molar-refractivity contribution in [3.63, 3.8) is 0 Å². The average molecular weight is 187 g/mol. The number of fused-ring (bicyclic) bond motifs is 2. The number of benzene rings is 1. The Balaban J connectivity index is 2.49. The predicted octanol–water partition coefficient (Wildman–Crippen LogP) is 3.07. The molecule has 0 aliphatic rings. The minimum Gasteiger partial charge on any atom is -0.461 e. The molecule has 0 fully saturated rings. The van der Waals surface area contributed by atoms with Gasteiger partial charge in [-0.15, -0.1) is 0 Å². The summed E-state index contributed by atoms with van der Waals surface area (Å²) >= 11 is 0. The Morgan fingerprint density at radius 3 is 2.36 bits per heavy atom. The molecule has 0 unspecified atom stereocenters. The summed E-state index contributed by atoms with van der Waals surface area (Å²) in [5.74, 6) is 1.34. The van der Waals surface area contributed by atoms with Crippen LogP contribution in [0.15, 0.2) is 33.1 Å². The van der Waals surface area contributed by atoms with Gasteiger partial charge in [-0.25, -0.2) is 0 Å². The van der Waals surface area contributed by atoms with Gasteiger partial charge < -0.3 is 14.6 Å². The van der Waals surface area contributed by atoms with Gasteiger partial charge in [0.15, 0.2) is 5.88 Å². The van der Waals surface area contributed by atoms with Crippen LogP contribution in [0.5, 0.6) is 0 Å². The molecule has 2 N–H and O–H groups in total. The monoisotopic (exact) mass is 187 g/mol. The van der Waals surface area contributed by atoms with Gasteiger partial charge in [0, 0.05) is 16.8 Å². The summed E-state index contributed by atoms with van der Waals surface area (Å²) in [6.45, 7) is 1.93. The first-order valence-corrected chi connectivity index (χ1v) is 4.41. The van der Waals surface area contributed by atoms with Crippen LogP contribution in [-0.2, 0) is 0 Å². The lowest BCUT2D eigenvalue weighted by atomic mass is 10.2. The molecule has 0 spiro atoms. The van der Waals surface area contributed by atoms with Crippen LogP contribution in [0, 0.1) is 6.92 Å². The van der Waals surface area contributed by atoms with Gasteiger partial charge in [0.05, 0.1) is 0 Å². The lowest BCUT2D eigenvalue weighted by Gasteiger charge is -1.87. The molecule has 0 bridgehead atoms. The molecule has 0 radical (unpaired) electrons. The molecule has 2 heterocycles. The summed E-state index contributed by atoms with van der Waals surface area (Å²) < 4.78 is 10.8. The molecule has 1 aromatic carbocycles. The fourth-order valence-electron chi connectivity index (χ4n) is 1.73. The molecule has 0 amide bonds. The molecule has 3 nitrogen and oxygen atoms in total. The topological polar surface area (TPSA) is 52.3 Å². The zero-order chi connectivity index (χ0) is 9.71. The molecule has 0 aliphatic carbocycles. The van der Waals surface area contributed by atoms with E-state index < -0.39 is 0 Å². The Morgan fingerprint density at radius 1 is 0.929 bits per heavy atom. The van der Waals surface area contributed by atoms with Gasteiger partial charge in [-0.1, -0.05) is 0 Å². The first-order chi connectivity index (χ1) is 6.72. The van der Waals surface area contributed by atoms with Crippen LogP contribution in [0.4, 0.5) is 5.88 Å². The van der Waals surface area contributed by atoms with Crippen molar-refractivity contribution in [3.05, 3.63) is 30.0 Å². The fraction of sp³-hybridized carbons (Fsp3) is 0.0909. The highest BCUT2D eigenvalue weighted by atomic mass is 16.3. The number of hydrogen-bond donors (Lipinski definition) is 1. The molecular formula is C11H9NO2. The Bertz CT molecular complexity index is 516. The molecule has 14 heavy (non-hydrogen) atoms. The van der Waals surface area contributed by atoms with Crippen molar-refractivity contribution in [2.75, 3.05) is 5.73 Å². The molecule has 3 heteroatoms. The standard InChI is InChI=1S/C11H9NO2/c1-6-2-7-3-10-8(4-9(7)13-6)5-11(12)14-10/h2-5H,12H2,1H3. The highest BCUT2D eigenvalue weighted by molar-refractivity contribution is 5.94. The van der Waals surface area contributed by atoms with E-state index in [2.05, 4.69) is 0 Å². The second-order valence-electron chi connectivity index (χ2n) is 3.43. The van der Waals surface area contributed by atoms with Gasteiger partial charge in [-0.3, -0.25) is 0 Å². The second kappa shape index (κ2) is 2.32. The quantitative estimate of drug-likeness (QED) is 0.588. The largest absolute Gasteiger partial charge is 0.461 e. The van der Waals surface area contributed by atoms with E-state index in [9.17, 15) is 0 Å². The molecular weight excluding hydrogens is 178 g/mol. The molecule has 0 atom stereocenters. The van der Waals surface area contributed by atoms with Crippen molar-refractivity contribution in [1.82, 2.24) is 0 Å². The van der Waals surface area contributed by atoms with E-state index in [1.54, 1.807) is 6.07 Å². The van der Waals surface area contributed by atoms with E-state index in [0.717, 1.165) is 27.7 Å². The van der Waals surface area contributed by atoms with E-state index in [0.29, 0.717) is 5.88 Å². The maximum absolute atomic E-state index is 5.55. The average Bonchev–Trinajstić information content (AvgIpc) is 2.59. The van der Waals surface area contributed by atoms with Crippen molar-refractivity contribution in [1.29, 1.82) is 0 Å². The minimum absolute atomic E-state index is 0.435. The zero-order valence-corrected chi connectivity index (χ0v) is 7.70. The molecule has 2 aromatic heterocycles. The summed E-state index contributed by atoms with van der Waals surface area (Å²) in [6, 6.07) is 7.66. The summed E-state index contributed by atoms with van der Waals surface area (Å²) in [4.78, 5) is 0. The van der Waals surface area contributed by atoms with Crippen molar-refractivity contribution in [2.24, 2.45) is 0 Å². The predicted molar refractivity (Wildman–Crippen MR) is 55.1 cm³/mol. The normalized spacial score (nSPS) is 11.5. The van der Waals surface area contributed by atoms with Crippen molar-refractivity contribution in [2.45, 2.75) is 6.92 Å². The van der Waals surface area contributed by atoms with Crippen LogP contribution in [0.3, 0.4) is 0 Å². The number of nitrogen functional groups attached to an aromatic ring is 1. The van der Waals surface area contributed by atoms with Gasteiger partial charge >= 0.3 is 0 Å². The van der Waals surface area contributed by atoms with Crippen LogP contribution in [0.1, 0.15) is 5.76 Å². The lowest BCUT2D eigenvalue weighted by molar-refractivity contribution is 0.579. The molecule has 70 valence electrons. The summed E-state index contributed by atoms with van der Waals surface area (Å²) in [5.41, 5.74) is 7.23. The summed E-state index contributed by atoms with van der Waals surface area (Å²) in [7, 11) is 0. The first kappa shape index (κ1) is 7.50. The summed E-state index contributed by atoms with van der Waals surface area (Å²) in [6.07, 6.45) is 0. The third-order valence-electron chi connectivity index (χ3n) is 2.30. The van der Waals surface area contributed by atoms with Gasteiger partial charge in [-0.05, 0) is 25.1 Å². The number of hydrogen-bond acceptors (Lipinski definition) is 3. The number of rotatable bonds is 0. The Hall–Kier alpha value is -1.90. The smallest absolute Gasteiger partial charge is 0.191 e. The molecule has 3 rings (SSSR count). The van der Waals surface area contributed by atoms with Crippen LogP contribution in [-0.4, -0.2) is 0 Å². The van der Waals surface area contributed by atoms with Crippen molar-refractivity contribution < 1.29 is 8.83 Å². The Labute approximate surface area is 80.1 Å². The fourth-order valence-corrected chi connectivity index (χ4v) is 1.73. The summed E-state index contributed by atoms with van der Waals surface area (Å²) in [5, 5.41) is 2.02. The maximum Gasteiger partial charge on any atom is 0.191 e. The van der Waals surface area contributed by atoms with E-state index in [-0.39, 0.29) is 0 Å². The van der Waals surface area contributed by atoms with Crippen molar-refractivity contribution in [3.8, 4) is 0 Å². The third-order valence-corrected chi connectivity index (χ3v) is 2.30. The van der Waals surface area contributed by atoms with E-state index in [1.807, 2.05) is 25.1 Å². The third kappa shape index (κ3) is 0.923. The van der Waals surface area contributed by atoms with E-state index in [1.165, 1.54) is 0 Å². The number of aryl methyl sites for hydroxylation is 1. The van der Waals surface area contributed by atoms with Gasteiger partial charge in [0.1, 0.15) is 16.9 Å². The Morgan fingerprint density at radius 2 is 1.57 bits per heavy atom. The molecule has 0 saturated carbocycles. The first-order valence-electron chi connectivity index (χ1n) is 4.41. The van der Waals surface area contributed by atoms with Gasteiger partial charge in [0.25, 0.3) is 0 Å². The minimum atomic E-state index is 0.435. The number of furan rings is 2. The van der Waals surface area contributed by atoms with Gasteiger partial charge in [-0.2, -0.15) is 0 Å². The molecule has 3 aromatic rings.